The van der Waals surface area contributed by atoms with Gasteiger partial charge >= 0.3 is 230 Å². The molecule has 2 aliphatic carbocycles. The predicted molar refractivity (Wildman–Crippen MR) is 138 cm³/mol. The summed E-state index contributed by atoms with van der Waals surface area (Å²) in [4.78, 5) is 0. The number of halogens is 4. The first-order valence-corrected chi connectivity index (χ1v) is 15.6. The minimum atomic E-state index is -5.04. The summed E-state index contributed by atoms with van der Waals surface area (Å²) < 4.78 is 88.4. The van der Waals surface area contributed by atoms with Crippen LogP contribution in [0.1, 0.15) is 37.8 Å². The van der Waals surface area contributed by atoms with Crippen molar-refractivity contribution < 1.29 is 53.1 Å². The molecule has 2 aromatic rings. The van der Waals surface area contributed by atoms with E-state index in [0.29, 0.717) is 20.6 Å². The summed E-state index contributed by atoms with van der Waals surface area (Å²) in [6, 6.07) is 4.72. The van der Waals surface area contributed by atoms with Crippen LogP contribution in [-0.2, 0) is 47.1 Å². The van der Waals surface area contributed by atoms with Crippen LogP contribution in [0.2, 0.25) is 0 Å². The Morgan fingerprint density at radius 3 is 1.26 bits per heavy atom. The van der Waals surface area contributed by atoms with Gasteiger partial charge in [0, 0.05) is 0 Å². The summed E-state index contributed by atoms with van der Waals surface area (Å²) in [6.45, 7) is 3.00. The standard InChI is InChI=1S/2C10H11F2O2.2C5H5.Ti/c2*1-10(13-2,14-3)8-5-4-7(11)6-9(8)12;2*1-2-4-5-3-1;/h2*4-5H,1-3H3;2*1-3H,4H2;. The molecule has 0 heterocycles. The fourth-order valence-corrected chi connectivity index (χ4v) is 13.8. The molecule has 0 amide bonds. The van der Waals surface area contributed by atoms with Crippen molar-refractivity contribution in [2.24, 2.45) is 0 Å². The molecule has 4 rings (SSSR count). The summed E-state index contributed by atoms with van der Waals surface area (Å²) in [6.07, 6.45) is 11.2. The number of hydrogen-bond donors (Lipinski definition) is 0. The number of benzene rings is 2. The van der Waals surface area contributed by atoms with E-state index in [4.69, 9.17) is 18.9 Å². The van der Waals surface area contributed by atoms with Crippen molar-refractivity contribution in [1.29, 1.82) is 0 Å². The molecule has 2 aromatic carbocycles. The number of hydrogen-bond acceptors (Lipinski definition) is 4. The summed E-state index contributed by atoms with van der Waals surface area (Å²) in [5, 5.41) is 0. The van der Waals surface area contributed by atoms with E-state index < -0.39 is 51.4 Å². The van der Waals surface area contributed by atoms with E-state index in [1.54, 1.807) is 24.3 Å². The van der Waals surface area contributed by atoms with Crippen LogP contribution in [-0.4, -0.2) is 28.4 Å². The average Bonchev–Trinajstić information content (AvgIpc) is 3.67. The van der Waals surface area contributed by atoms with Gasteiger partial charge in [0.05, 0.1) is 0 Å². The van der Waals surface area contributed by atoms with Crippen molar-refractivity contribution in [3.63, 3.8) is 0 Å². The topological polar surface area (TPSA) is 36.9 Å². The van der Waals surface area contributed by atoms with E-state index in [9.17, 15) is 0 Å². The molecule has 0 bridgehead atoms. The van der Waals surface area contributed by atoms with Crippen LogP contribution in [0.5, 0.6) is 0 Å². The molecule has 208 valence electrons. The third-order valence-corrected chi connectivity index (χ3v) is 15.9. The normalized spacial score (nSPS) is 15.7. The summed E-state index contributed by atoms with van der Waals surface area (Å²) in [7, 11) is 5.36. The van der Waals surface area contributed by atoms with Gasteiger partial charge in [0.2, 0.25) is 0 Å². The Labute approximate surface area is 230 Å². The number of ether oxygens (including phenoxy) is 4. The van der Waals surface area contributed by atoms with E-state index in [-0.39, 0.29) is 18.9 Å². The third kappa shape index (κ3) is 4.61. The molecular weight excluding hydrogens is 548 g/mol. The van der Waals surface area contributed by atoms with Gasteiger partial charge in [0.15, 0.2) is 0 Å². The molecule has 0 unspecified atom stereocenters. The maximum absolute atomic E-state index is 16.9. The molecule has 0 aromatic heterocycles. The first kappa shape index (κ1) is 29.7. The van der Waals surface area contributed by atoms with Crippen molar-refractivity contribution in [1.82, 2.24) is 0 Å². The zero-order chi connectivity index (χ0) is 28.6. The number of rotatable bonds is 10. The van der Waals surface area contributed by atoms with E-state index in [2.05, 4.69) is 0 Å². The molecule has 4 nitrogen and oxygen atoms in total. The number of methoxy groups -OCH3 is 4. The van der Waals surface area contributed by atoms with E-state index in [1.165, 1.54) is 54.4 Å². The van der Waals surface area contributed by atoms with E-state index >= 15 is 17.6 Å². The molecule has 0 saturated carbocycles. The van der Waals surface area contributed by atoms with Gasteiger partial charge in [-0.3, -0.25) is 0 Å². The average molecular weight is 580 g/mol. The Kier molecular flexibility index (Phi) is 8.57. The zero-order valence-electron chi connectivity index (χ0n) is 22.8. The maximum atomic E-state index is 16.9. The molecule has 9 heteroatoms. The van der Waals surface area contributed by atoms with Crippen molar-refractivity contribution in [3.8, 4) is 0 Å². The summed E-state index contributed by atoms with van der Waals surface area (Å²) in [5.74, 6) is -6.84. The fraction of sp³-hybridized carbons (Fsp3) is 0.333. The molecule has 0 radical (unpaired) electrons. The SMILES string of the molecule is COC(C)(OC)c1ccc(F)[c]([Ti]([C]2=CC=CC2)([C]2=CC=CC2)[c]2c(F)ccc(C(C)(OC)OC)c2F)c1F. The second-order valence-corrected chi connectivity index (χ2v) is 15.6. The monoisotopic (exact) mass is 580 g/mol. The Balaban J connectivity index is 2.23. The second kappa shape index (κ2) is 11.3. The molecule has 0 aliphatic heterocycles. The van der Waals surface area contributed by atoms with Crippen LogP contribution in [0.15, 0.2) is 68.5 Å². The fourth-order valence-electron chi connectivity index (χ4n) is 5.52. The van der Waals surface area contributed by atoms with Crippen molar-refractivity contribution in [3.05, 3.63) is 103 Å². The Hall–Kier alpha value is -2.33. The first-order chi connectivity index (χ1) is 18.6. The van der Waals surface area contributed by atoms with Crippen LogP contribution in [0.25, 0.3) is 0 Å². The molecular formula is C30H32F4O4Ti. The van der Waals surface area contributed by atoms with Gasteiger partial charge in [-0.25, -0.2) is 0 Å². The Bertz CT molecular complexity index is 1280. The van der Waals surface area contributed by atoms with Gasteiger partial charge in [-0.2, -0.15) is 0 Å². The molecule has 0 spiro atoms. The van der Waals surface area contributed by atoms with Gasteiger partial charge in [0.1, 0.15) is 0 Å². The van der Waals surface area contributed by atoms with E-state index in [1.807, 2.05) is 12.2 Å². The Morgan fingerprint density at radius 1 is 0.615 bits per heavy atom. The zero-order valence-corrected chi connectivity index (χ0v) is 24.4. The molecule has 0 atom stereocenters. The molecule has 0 saturated heterocycles. The third-order valence-electron chi connectivity index (χ3n) is 7.97. The quantitative estimate of drug-likeness (QED) is 0.197. The van der Waals surface area contributed by atoms with Crippen LogP contribution < -0.4 is 7.74 Å². The van der Waals surface area contributed by atoms with Gasteiger partial charge in [0.25, 0.3) is 0 Å². The second-order valence-electron chi connectivity index (χ2n) is 9.67. The van der Waals surface area contributed by atoms with Gasteiger partial charge in [-0.15, -0.1) is 0 Å². The molecule has 2 aliphatic rings. The van der Waals surface area contributed by atoms with Crippen LogP contribution in [0.4, 0.5) is 17.6 Å². The Morgan fingerprint density at radius 2 is 0.974 bits per heavy atom. The molecule has 0 N–H and O–H groups in total. The summed E-state index contributed by atoms with van der Waals surface area (Å²) in [5.41, 5.74) is -0.153. The van der Waals surface area contributed by atoms with Crippen molar-refractivity contribution >= 4 is 7.74 Å². The summed E-state index contributed by atoms with van der Waals surface area (Å²) >= 11 is -5.04. The van der Waals surface area contributed by atoms with Crippen LogP contribution in [0, 0.1) is 23.3 Å². The van der Waals surface area contributed by atoms with Gasteiger partial charge in [-0.1, -0.05) is 0 Å². The van der Waals surface area contributed by atoms with Crippen molar-refractivity contribution in [2.45, 2.75) is 38.3 Å². The molecule has 39 heavy (non-hydrogen) atoms. The van der Waals surface area contributed by atoms with Crippen LogP contribution in [0.3, 0.4) is 0 Å². The van der Waals surface area contributed by atoms with Gasteiger partial charge in [-0.05, 0) is 0 Å². The van der Waals surface area contributed by atoms with Crippen molar-refractivity contribution in [2.75, 3.05) is 28.4 Å². The van der Waals surface area contributed by atoms with Gasteiger partial charge < -0.3 is 0 Å². The molecule has 0 fully saturated rings. The predicted octanol–water partition coefficient (Wildman–Crippen LogP) is 5.97. The number of allylic oxidation sites excluding steroid dienone is 8. The van der Waals surface area contributed by atoms with Crippen LogP contribution >= 0.6 is 0 Å². The first-order valence-electron chi connectivity index (χ1n) is 12.5. The van der Waals surface area contributed by atoms with E-state index in [0.717, 1.165) is 12.1 Å². The minimum absolute atomic E-state index is 0.0763.